The molecule has 158 valence electrons. The normalized spacial score (nSPS) is 20.8. The summed E-state index contributed by atoms with van der Waals surface area (Å²) in [5.41, 5.74) is 4.48. The van der Waals surface area contributed by atoms with E-state index in [1.165, 1.54) is 30.4 Å². The minimum atomic E-state index is 0.167. The highest BCUT2D eigenvalue weighted by Gasteiger charge is 2.28. The van der Waals surface area contributed by atoms with E-state index < -0.39 is 0 Å². The van der Waals surface area contributed by atoms with Crippen molar-refractivity contribution >= 4 is 37.6 Å². The summed E-state index contributed by atoms with van der Waals surface area (Å²) in [5.74, 6) is 1.71. The molecule has 2 atom stereocenters. The van der Waals surface area contributed by atoms with Gasteiger partial charge in [-0.2, -0.15) is 0 Å². The molecule has 0 heterocycles. The molecule has 1 saturated carbocycles. The van der Waals surface area contributed by atoms with Crippen LogP contribution in [0.2, 0.25) is 0 Å². The fraction of sp³-hybridized carbons (Fsp3) is 0.400. The van der Waals surface area contributed by atoms with Crippen LogP contribution in [0.5, 0.6) is 5.75 Å². The summed E-state index contributed by atoms with van der Waals surface area (Å²) >= 11 is 7.17. The number of halogens is 2. The zero-order valence-corrected chi connectivity index (χ0v) is 20.4. The third-order valence-electron chi connectivity index (χ3n) is 6.37. The van der Waals surface area contributed by atoms with Gasteiger partial charge in [-0.05, 0) is 77.7 Å². The van der Waals surface area contributed by atoms with E-state index in [0.717, 1.165) is 51.6 Å². The van der Waals surface area contributed by atoms with E-state index in [2.05, 4.69) is 49.3 Å². The van der Waals surface area contributed by atoms with Crippen molar-refractivity contribution in [2.24, 2.45) is 5.92 Å². The molecule has 1 fully saturated rings. The van der Waals surface area contributed by atoms with Gasteiger partial charge in [-0.1, -0.05) is 52.2 Å². The summed E-state index contributed by atoms with van der Waals surface area (Å²) < 4.78 is 7.60. The molecule has 2 aromatic carbocycles. The number of methoxy groups -OCH3 is 1. The Bertz CT molecular complexity index is 970. The van der Waals surface area contributed by atoms with Gasteiger partial charge in [0.25, 0.3) is 0 Å². The van der Waals surface area contributed by atoms with Gasteiger partial charge < -0.3 is 10.1 Å². The summed E-state index contributed by atoms with van der Waals surface area (Å²) in [6.45, 7) is 0.789. The predicted molar refractivity (Wildman–Crippen MR) is 128 cm³/mol. The van der Waals surface area contributed by atoms with Crippen LogP contribution >= 0.6 is 31.9 Å². The van der Waals surface area contributed by atoms with Gasteiger partial charge in [0.05, 0.1) is 11.6 Å². The molecule has 0 spiro atoms. The maximum absolute atomic E-state index is 12.4. The highest BCUT2D eigenvalue weighted by Crippen LogP contribution is 2.35. The van der Waals surface area contributed by atoms with Crippen LogP contribution in [0.3, 0.4) is 0 Å². The number of ketones is 1. The minimum Gasteiger partial charge on any atom is -0.495 e. The lowest BCUT2D eigenvalue weighted by Gasteiger charge is -2.23. The smallest absolute Gasteiger partial charge is 0.186 e. The maximum Gasteiger partial charge on any atom is 0.186 e. The quantitative estimate of drug-likeness (QED) is 0.435. The molecule has 3 nitrogen and oxygen atoms in total. The highest BCUT2D eigenvalue weighted by atomic mass is 79.9. The second kappa shape index (κ2) is 9.80. The molecule has 0 saturated heterocycles. The average Bonchev–Trinajstić information content (AvgIpc) is 3.18. The van der Waals surface area contributed by atoms with Crippen molar-refractivity contribution in [3.63, 3.8) is 0 Å². The van der Waals surface area contributed by atoms with Crippen molar-refractivity contribution in [1.82, 2.24) is 5.32 Å². The molecule has 0 bridgehead atoms. The third-order valence-corrected chi connectivity index (χ3v) is 7.42. The summed E-state index contributed by atoms with van der Waals surface area (Å²) in [6, 6.07) is 12.7. The van der Waals surface area contributed by atoms with Crippen LogP contribution in [-0.4, -0.2) is 18.9 Å². The molecule has 0 aliphatic heterocycles. The fourth-order valence-electron chi connectivity index (χ4n) is 4.87. The molecule has 5 heteroatoms. The lowest BCUT2D eigenvalue weighted by atomic mass is 9.86. The third kappa shape index (κ3) is 4.90. The molecule has 2 aliphatic carbocycles. The number of fused-ring (bicyclic) bond motifs is 1. The summed E-state index contributed by atoms with van der Waals surface area (Å²) in [4.78, 5) is 12.4. The van der Waals surface area contributed by atoms with E-state index in [1.807, 2.05) is 30.3 Å². The first-order chi connectivity index (χ1) is 14.5. The van der Waals surface area contributed by atoms with Gasteiger partial charge in [0, 0.05) is 28.2 Å². The largest absolute Gasteiger partial charge is 0.495 e. The molecule has 0 unspecified atom stereocenters. The average molecular weight is 533 g/mol. The van der Waals surface area contributed by atoms with Crippen molar-refractivity contribution in [3.05, 3.63) is 73.7 Å². The number of hydrogen-bond acceptors (Lipinski definition) is 3. The number of allylic oxidation sites excluding steroid dienone is 2. The lowest BCUT2D eigenvalue weighted by molar-refractivity contribution is 0.104. The summed E-state index contributed by atoms with van der Waals surface area (Å²) in [5, 5.41) is 3.78. The number of ether oxygens (including phenoxy) is 1. The van der Waals surface area contributed by atoms with Crippen LogP contribution in [0.4, 0.5) is 0 Å². The Kier molecular flexibility index (Phi) is 7.12. The maximum atomic E-state index is 12.4. The van der Waals surface area contributed by atoms with E-state index >= 15 is 0 Å². The fourth-order valence-corrected chi connectivity index (χ4v) is 6.35. The number of carbonyl (C=O) groups excluding carboxylic acids is 1. The minimum absolute atomic E-state index is 0.167. The molecular weight excluding hydrogens is 506 g/mol. The molecule has 2 aliphatic rings. The molecule has 0 radical (unpaired) electrons. The van der Waals surface area contributed by atoms with Crippen LogP contribution in [0.25, 0.3) is 0 Å². The zero-order chi connectivity index (χ0) is 21.1. The first kappa shape index (κ1) is 21.8. The van der Waals surface area contributed by atoms with Crippen molar-refractivity contribution in [3.8, 4) is 5.75 Å². The number of hydrogen-bond donors (Lipinski definition) is 1. The van der Waals surface area contributed by atoms with Crippen LogP contribution in [0.1, 0.15) is 53.6 Å². The Morgan fingerprint density at radius 3 is 2.83 bits per heavy atom. The van der Waals surface area contributed by atoms with Gasteiger partial charge >= 0.3 is 0 Å². The van der Waals surface area contributed by atoms with Crippen LogP contribution in [-0.2, 0) is 13.0 Å². The first-order valence-electron chi connectivity index (χ1n) is 10.6. The molecule has 30 heavy (non-hydrogen) atoms. The van der Waals surface area contributed by atoms with Gasteiger partial charge in [0.1, 0.15) is 5.75 Å². The van der Waals surface area contributed by atoms with Gasteiger partial charge in [-0.15, -0.1) is 0 Å². The summed E-state index contributed by atoms with van der Waals surface area (Å²) in [6.07, 6.45) is 8.67. The van der Waals surface area contributed by atoms with Gasteiger partial charge in [0.2, 0.25) is 0 Å². The molecule has 2 aromatic rings. The topological polar surface area (TPSA) is 38.3 Å². The molecule has 0 aromatic heterocycles. The SMILES string of the molecule is COc1c(Br)cc(Br)cc1CN[C@H]1CCC[C@@H]1CCC1=CC(=O)c2ccccc2C1. The van der Waals surface area contributed by atoms with Crippen LogP contribution in [0.15, 0.2) is 57.0 Å². The van der Waals surface area contributed by atoms with Crippen molar-refractivity contribution in [2.75, 3.05) is 7.11 Å². The summed E-state index contributed by atoms with van der Waals surface area (Å²) in [7, 11) is 1.72. The van der Waals surface area contributed by atoms with E-state index in [4.69, 9.17) is 4.74 Å². The lowest BCUT2D eigenvalue weighted by Crippen LogP contribution is -2.32. The zero-order valence-electron chi connectivity index (χ0n) is 17.2. The van der Waals surface area contributed by atoms with E-state index in [9.17, 15) is 4.79 Å². The monoisotopic (exact) mass is 531 g/mol. The first-order valence-corrected chi connectivity index (χ1v) is 12.2. The number of nitrogens with one attached hydrogen (secondary N) is 1. The van der Waals surface area contributed by atoms with Gasteiger partial charge in [0.15, 0.2) is 5.78 Å². The van der Waals surface area contributed by atoms with Crippen molar-refractivity contribution in [2.45, 2.75) is 51.1 Å². The van der Waals surface area contributed by atoms with E-state index in [1.54, 1.807) is 7.11 Å². The molecular formula is C25H27Br2NO2. The number of carbonyl (C=O) groups is 1. The van der Waals surface area contributed by atoms with Crippen LogP contribution < -0.4 is 10.1 Å². The van der Waals surface area contributed by atoms with Crippen molar-refractivity contribution < 1.29 is 9.53 Å². The van der Waals surface area contributed by atoms with Gasteiger partial charge in [-0.25, -0.2) is 0 Å². The number of benzene rings is 2. The molecule has 4 rings (SSSR count). The predicted octanol–water partition coefficient (Wildman–Crippen LogP) is 6.62. The van der Waals surface area contributed by atoms with Crippen LogP contribution in [0, 0.1) is 5.92 Å². The standard InChI is InChI=1S/C25H27Br2NO2/c1-30-25-19(13-20(26)14-22(25)27)15-28-23-8-4-6-17(23)10-9-16-11-18-5-2-3-7-21(18)24(29)12-16/h2-3,5,7,12-14,17,23,28H,4,6,8-11,15H2,1H3/t17-,23+/m1/s1. The Balaban J connectivity index is 1.36. The Hall–Kier alpha value is -1.43. The highest BCUT2D eigenvalue weighted by molar-refractivity contribution is 9.11. The number of rotatable bonds is 7. The Labute approximate surface area is 195 Å². The second-order valence-corrected chi connectivity index (χ2v) is 10.1. The van der Waals surface area contributed by atoms with Gasteiger partial charge in [-0.3, -0.25) is 4.79 Å². The van der Waals surface area contributed by atoms with Crippen molar-refractivity contribution in [1.29, 1.82) is 0 Å². The van der Waals surface area contributed by atoms with E-state index in [0.29, 0.717) is 12.0 Å². The van der Waals surface area contributed by atoms with E-state index in [-0.39, 0.29) is 5.78 Å². The second-order valence-electron chi connectivity index (χ2n) is 8.30. The molecule has 0 amide bonds. The Morgan fingerprint density at radius 1 is 1.17 bits per heavy atom. The molecule has 1 N–H and O–H groups in total. The Morgan fingerprint density at radius 2 is 2.00 bits per heavy atom.